The van der Waals surface area contributed by atoms with Crippen LogP contribution in [0, 0.1) is 6.92 Å². The van der Waals surface area contributed by atoms with Gasteiger partial charge in [-0.05, 0) is 53.9 Å². The highest BCUT2D eigenvalue weighted by atomic mass is 16.1. The molecule has 26 heavy (non-hydrogen) atoms. The van der Waals surface area contributed by atoms with Crippen molar-refractivity contribution >= 4 is 6.29 Å². The Balaban J connectivity index is 1.61. The average molecular weight is 344 g/mol. The maximum absolute atomic E-state index is 11.9. The molecule has 0 spiro atoms. The fourth-order valence-electron chi connectivity index (χ4n) is 3.59. The number of aryl methyl sites for hydroxylation is 1. The zero-order valence-electron chi connectivity index (χ0n) is 14.7. The molecule has 0 amide bonds. The predicted molar refractivity (Wildman–Crippen MR) is 99.4 cm³/mol. The summed E-state index contributed by atoms with van der Waals surface area (Å²) in [6.45, 7) is 3.52. The molecule has 0 radical (unpaired) electrons. The lowest BCUT2D eigenvalue weighted by Gasteiger charge is -2.21. The lowest BCUT2D eigenvalue weighted by molar-refractivity contribution is -0.112. The summed E-state index contributed by atoms with van der Waals surface area (Å²) in [5.41, 5.74) is 6.37. The Bertz CT molecular complexity index is 926. The van der Waals surface area contributed by atoms with E-state index in [4.69, 9.17) is 0 Å². The van der Waals surface area contributed by atoms with Crippen LogP contribution in [0.2, 0.25) is 0 Å². The lowest BCUT2D eigenvalue weighted by atomic mass is 9.97. The van der Waals surface area contributed by atoms with Gasteiger partial charge in [0.15, 0.2) is 0 Å². The van der Waals surface area contributed by atoms with Gasteiger partial charge in [0.25, 0.3) is 0 Å². The highest BCUT2D eigenvalue weighted by Crippen LogP contribution is 2.38. The normalized spacial score (nSPS) is 16.4. The molecule has 0 N–H and O–H groups in total. The van der Waals surface area contributed by atoms with Crippen LogP contribution in [0.3, 0.4) is 0 Å². The van der Waals surface area contributed by atoms with Gasteiger partial charge in [-0.25, -0.2) is 0 Å². The molecule has 1 atom stereocenters. The van der Waals surface area contributed by atoms with E-state index < -0.39 is 0 Å². The number of rotatable bonds is 5. The van der Waals surface area contributed by atoms with E-state index in [0.717, 1.165) is 47.3 Å². The number of hydrogen-bond acceptors (Lipinski definition) is 5. The second-order valence-electron chi connectivity index (χ2n) is 6.58. The van der Waals surface area contributed by atoms with Crippen LogP contribution in [-0.4, -0.2) is 32.7 Å². The van der Waals surface area contributed by atoms with Gasteiger partial charge in [-0.15, -0.1) is 0 Å². The molecule has 0 saturated carbocycles. The van der Waals surface area contributed by atoms with Crippen molar-refractivity contribution in [2.24, 2.45) is 0 Å². The number of aromatic nitrogens is 3. The van der Waals surface area contributed by atoms with Crippen molar-refractivity contribution in [1.82, 2.24) is 19.9 Å². The number of nitrogens with zero attached hydrogens (tertiary/aromatic N) is 4. The van der Waals surface area contributed by atoms with E-state index in [1.807, 2.05) is 36.7 Å². The van der Waals surface area contributed by atoms with E-state index in [1.54, 1.807) is 12.4 Å². The summed E-state index contributed by atoms with van der Waals surface area (Å²) in [6, 6.07) is 9.74. The minimum Gasteiger partial charge on any atom is -0.301 e. The van der Waals surface area contributed by atoms with Gasteiger partial charge in [0.05, 0.1) is 11.7 Å². The van der Waals surface area contributed by atoms with E-state index in [1.165, 1.54) is 5.56 Å². The third-order valence-corrected chi connectivity index (χ3v) is 4.86. The lowest BCUT2D eigenvalue weighted by Crippen LogP contribution is -2.26. The van der Waals surface area contributed by atoms with Gasteiger partial charge >= 0.3 is 0 Å². The molecular weight excluding hydrogens is 324 g/mol. The van der Waals surface area contributed by atoms with E-state index in [9.17, 15) is 4.79 Å². The Morgan fingerprint density at radius 1 is 1.12 bits per heavy atom. The SMILES string of the molecule is Cc1ccnc(CCN2Cc3nccc(-c4ccncc4)c3C2C=O)c1. The van der Waals surface area contributed by atoms with E-state index in [2.05, 4.69) is 32.8 Å². The maximum Gasteiger partial charge on any atom is 0.141 e. The van der Waals surface area contributed by atoms with Crippen LogP contribution < -0.4 is 0 Å². The molecule has 0 aromatic carbocycles. The summed E-state index contributed by atoms with van der Waals surface area (Å²) in [4.78, 5) is 27.2. The minimum atomic E-state index is -0.272. The largest absolute Gasteiger partial charge is 0.301 e. The van der Waals surface area contributed by atoms with Crippen molar-refractivity contribution in [3.05, 3.63) is 77.6 Å². The molecule has 0 saturated heterocycles. The van der Waals surface area contributed by atoms with Gasteiger partial charge in [0.2, 0.25) is 0 Å². The highest BCUT2D eigenvalue weighted by Gasteiger charge is 2.33. The predicted octanol–water partition coefficient (Wildman–Crippen LogP) is 3.15. The Morgan fingerprint density at radius 2 is 1.92 bits per heavy atom. The number of carbonyl (C=O) groups excluding carboxylic acids is 1. The molecule has 1 unspecified atom stereocenters. The van der Waals surface area contributed by atoms with Crippen LogP contribution >= 0.6 is 0 Å². The van der Waals surface area contributed by atoms with Gasteiger partial charge in [-0.3, -0.25) is 19.9 Å². The monoisotopic (exact) mass is 344 g/mol. The van der Waals surface area contributed by atoms with Crippen LogP contribution in [-0.2, 0) is 17.8 Å². The zero-order chi connectivity index (χ0) is 17.9. The summed E-state index contributed by atoms with van der Waals surface area (Å²) >= 11 is 0. The number of carbonyl (C=O) groups is 1. The van der Waals surface area contributed by atoms with Crippen LogP contribution in [0.25, 0.3) is 11.1 Å². The molecule has 0 bridgehead atoms. The quantitative estimate of drug-likeness (QED) is 0.666. The summed E-state index contributed by atoms with van der Waals surface area (Å²) in [6.07, 6.45) is 9.04. The minimum absolute atomic E-state index is 0.272. The molecule has 4 heterocycles. The fraction of sp³-hybridized carbons (Fsp3) is 0.238. The Labute approximate surface area is 152 Å². The summed E-state index contributed by atoms with van der Waals surface area (Å²) in [7, 11) is 0. The Kier molecular flexibility index (Phi) is 4.54. The topological polar surface area (TPSA) is 59.0 Å². The molecule has 3 aromatic heterocycles. The second-order valence-corrected chi connectivity index (χ2v) is 6.58. The van der Waals surface area contributed by atoms with Crippen LogP contribution in [0.1, 0.15) is 28.6 Å². The van der Waals surface area contributed by atoms with Crippen molar-refractivity contribution < 1.29 is 4.79 Å². The fourth-order valence-corrected chi connectivity index (χ4v) is 3.59. The van der Waals surface area contributed by atoms with Crippen molar-refractivity contribution in [3.8, 4) is 11.1 Å². The molecule has 130 valence electrons. The molecule has 5 heteroatoms. The van der Waals surface area contributed by atoms with Crippen molar-refractivity contribution in [3.63, 3.8) is 0 Å². The van der Waals surface area contributed by atoms with Gasteiger partial charge in [0, 0.05) is 55.6 Å². The molecule has 3 aromatic rings. The molecule has 0 fully saturated rings. The third kappa shape index (κ3) is 3.13. The van der Waals surface area contributed by atoms with Crippen molar-refractivity contribution in [2.45, 2.75) is 25.9 Å². The first-order valence-corrected chi connectivity index (χ1v) is 8.75. The Hall–Kier alpha value is -2.92. The summed E-state index contributed by atoms with van der Waals surface area (Å²) in [5.74, 6) is 0. The van der Waals surface area contributed by atoms with Crippen LogP contribution in [0.4, 0.5) is 0 Å². The van der Waals surface area contributed by atoms with E-state index in [0.29, 0.717) is 6.54 Å². The first-order valence-electron chi connectivity index (χ1n) is 8.75. The molecule has 5 nitrogen and oxygen atoms in total. The molecule has 1 aliphatic rings. The van der Waals surface area contributed by atoms with Gasteiger partial charge in [-0.2, -0.15) is 0 Å². The number of hydrogen-bond donors (Lipinski definition) is 0. The summed E-state index contributed by atoms with van der Waals surface area (Å²) in [5, 5.41) is 0. The van der Waals surface area contributed by atoms with Crippen LogP contribution in [0.5, 0.6) is 0 Å². The van der Waals surface area contributed by atoms with E-state index in [-0.39, 0.29) is 6.04 Å². The molecule has 0 aliphatic carbocycles. The number of fused-ring (bicyclic) bond motifs is 1. The third-order valence-electron chi connectivity index (χ3n) is 4.86. The maximum atomic E-state index is 11.9. The molecule has 1 aliphatic heterocycles. The van der Waals surface area contributed by atoms with Gasteiger partial charge in [0.1, 0.15) is 6.29 Å². The van der Waals surface area contributed by atoms with Gasteiger partial charge < -0.3 is 4.79 Å². The number of aldehydes is 1. The second kappa shape index (κ2) is 7.14. The smallest absolute Gasteiger partial charge is 0.141 e. The van der Waals surface area contributed by atoms with E-state index >= 15 is 0 Å². The van der Waals surface area contributed by atoms with Crippen LogP contribution in [0.15, 0.2) is 55.1 Å². The molecular formula is C21H20N4O. The zero-order valence-corrected chi connectivity index (χ0v) is 14.7. The average Bonchev–Trinajstić information content (AvgIpc) is 3.04. The van der Waals surface area contributed by atoms with Gasteiger partial charge in [-0.1, -0.05) is 0 Å². The highest BCUT2D eigenvalue weighted by molar-refractivity contribution is 5.75. The summed E-state index contributed by atoms with van der Waals surface area (Å²) < 4.78 is 0. The molecule has 4 rings (SSSR count). The Morgan fingerprint density at radius 3 is 2.69 bits per heavy atom. The van der Waals surface area contributed by atoms with Crippen molar-refractivity contribution in [2.75, 3.05) is 6.54 Å². The van der Waals surface area contributed by atoms with Crippen molar-refractivity contribution in [1.29, 1.82) is 0 Å². The number of pyridine rings is 3. The first kappa shape index (κ1) is 16.5. The first-order chi connectivity index (χ1) is 12.8. The standard InChI is InChI=1S/C21H20N4O/c1-15-2-9-23-17(12-15)6-11-25-13-19-21(20(25)14-26)18(5-10-24-19)16-3-7-22-8-4-16/h2-5,7-10,12,14,20H,6,11,13H2,1H3.